The Bertz CT molecular complexity index is 520. The summed E-state index contributed by atoms with van der Waals surface area (Å²) in [5.74, 6) is 3.08. The molecule has 0 amide bonds. The predicted molar refractivity (Wildman–Crippen MR) is 75.0 cm³/mol. The topological polar surface area (TPSA) is 51.2 Å². The molecule has 0 aliphatic heterocycles. The van der Waals surface area contributed by atoms with E-state index in [2.05, 4.69) is 31.1 Å². The Kier molecular flexibility index (Phi) is 4.10. The number of aromatic nitrogens is 1. The molecule has 2 aromatic rings. The molecular weight excluding hydrogens is 240 g/mol. The van der Waals surface area contributed by atoms with E-state index in [9.17, 15) is 0 Å². The molecule has 0 bridgehead atoms. The first-order valence-corrected chi connectivity index (χ1v) is 6.70. The number of furan rings is 1. The predicted octanol–water partition coefficient (Wildman–Crippen LogP) is 3.56. The Morgan fingerprint density at radius 2 is 1.95 bits per heavy atom. The number of hydrogen-bond acceptors (Lipinski definition) is 4. The largest absolute Gasteiger partial charge is 0.458 e. The lowest BCUT2D eigenvalue weighted by Crippen LogP contribution is -2.36. The lowest BCUT2D eigenvalue weighted by atomic mass is 10.1. The Morgan fingerprint density at radius 1 is 1.16 bits per heavy atom. The molecule has 0 aliphatic rings. The molecule has 1 N–H and O–H groups in total. The lowest BCUT2D eigenvalue weighted by Gasteiger charge is -2.19. The second-order valence-electron chi connectivity index (χ2n) is 5.81. The minimum absolute atomic E-state index is 0.160. The summed E-state index contributed by atoms with van der Waals surface area (Å²) in [5, 5.41) is 3.45. The van der Waals surface area contributed by atoms with E-state index >= 15 is 0 Å². The molecule has 0 atom stereocenters. The summed E-state index contributed by atoms with van der Waals surface area (Å²) >= 11 is 0. The van der Waals surface area contributed by atoms with Crippen LogP contribution in [0, 0.1) is 6.92 Å². The third-order valence-corrected chi connectivity index (χ3v) is 2.76. The van der Waals surface area contributed by atoms with Crippen molar-refractivity contribution in [3.05, 3.63) is 30.0 Å². The number of hydrogen-bond donors (Lipinski definition) is 1. The molecule has 0 saturated carbocycles. The minimum Gasteiger partial charge on any atom is -0.458 e. The molecule has 2 rings (SSSR count). The minimum atomic E-state index is 0.160. The second-order valence-corrected chi connectivity index (χ2v) is 5.81. The summed E-state index contributed by atoms with van der Waals surface area (Å²) in [7, 11) is 0. The normalized spacial score (nSPS) is 12.0. The average molecular weight is 262 g/mol. The summed E-state index contributed by atoms with van der Waals surface area (Å²) < 4.78 is 11.2. The summed E-state index contributed by atoms with van der Waals surface area (Å²) in [6.07, 6.45) is 3.57. The molecule has 4 heteroatoms. The zero-order chi connectivity index (χ0) is 13.9. The third kappa shape index (κ3) is 4.24. The highest BCUT2D eigenvalue weighted by Gasteiger charge is 2.11. The molecule has 2 aromatic heterocycles. The summed E-state index contributed by atoms with van der Waals surface area (Å²) in [5.41, 5.74) is 0.160. The van der Waals surface area contributed by atoms with Crippen molar-refractivity contribution in [1.29, 1.82) is 0 Å². The Labute approximate surface area is 114 Å². The van der Waals surface area contributed by atoms with Crippen molar-refractivity contribution in [2.75, 3.05) is 6.54 Å². The maximum Gasteiger partial charge on any atom is 0.195 e. The highest BCUT2D eigenvalue weighted by molar-refractivity contribution is 5.48. The lowest BCUT2D eigenvalue weighted by molar-refractivity contribution is 0.411. The quantitative estimate of drug-likeness (QED) is 0.837. The smallest absolute Gasteiger partial charge is 0.195 e. The van der Waals surface area contributed by atoms with Gasteiger partial charge in [-0.05, 0) is 52.8 Å². The summed E-state index contributed by atoms with van der Waals surface area (Å²) in [4.78, 5) is 4.28. The van der Waals surface area contributed by atoms with Crippen LogP contribution in [0.2, 0.25) is 0 Å². The SMILES string of the molecule is Cc1ccc(-c2cnc(CCCNC(C)(C)C)o2)o1. The van der Waals surface area contributed by atoms with Crippen LogP contribution in [-0.2, 0) is 6.42 Å². The van der Waals surface area contributed by atoms with Crippen molar-refractivity contribution in [3.63, 3.8) is 0 Å². The Morgan fingerprint density at radius 3 is 2.58 bits per heavy atom. The van der Waals surface area contributed by atoms with Gasteiger partial charge in [-0.2, -0.15) is 0 Å². The molecule has 4 nitrogen and oxygen atoms in total. The molecule has 2 heterocycles. The number of oxazole rings is 1. The van der Waals surface area contributed by atoms with E-state index in [0.717, 1.165) is 36.8 Å². The molecule has 0 aliphatic carbocycles. The van der Waals surface area contributed by atoms with Gasteiger partial charge in [-0.1, -0.05) is 0 Å². The van der Waals surface area contributed by atoms with Gasteiger partial charge in [-0.25, -0.2) is 4.98 Å². The van der Waals surface area contributed by atoms with Gasteiger partial charge < -0.3 is 14.2 Å². The maximum absolute atomic E-state index is 5.68. The molecule has 104 valence electrons. The van der Waals surface area contributed by atoms with E-state index in [1.807, 2.05) is 19.1 Å². The molecule has 0 saturated heterocycles. The van der Waals surface area contributed by atoms with E-state index in [1.54, 1.807) is 6.20 Å². The van der Waals surface area contributed by atoms with E-state index in [0.29, 0.717) is 5.76 Å². The highest BCUT2D eigenvalue weighted by Crippen LogP contribution is 2.22. The first-order valence-electron chi connectivity index (χ1n) is 6.70. The second kappa shape index (κ2) is 5.61. The van der Waals surface area contributed by atoms with Crippen LogP contribution in [0.5, 0.6) is 0 Å². The fraction of sp³-hybridized carbons (Fsp3) is 0.533. The van der Waals surface area contributed by atoms with Gasteiger partial charge in [-0.15, -0.1) is 0 Å². The van der Waals surface area contributed by atoms with Crippen LogP contribution in [0.25, 0.3) is 11.5 Å². The van der Waals surface area contributed by atoms with Crippen LogP contribution in [0.4, 0.5) is 0 Å². The summed E-state index contributed by atoms with van der Waals surface area (Å²) in [6, 6.07) is 3.82. The standard InChI is InChI=1S/C15H22N2O2/c1-11-7-8-12(18-11)13-10-16-14(19-13)6-5-9-17-15(2,3)4/h7-8,10,17H,5-6,9H2,1-4H3. The van der Waals surface area contributed by atoms with Gasteiger partial charge in [0, 0.05) is 12.0 Å². The molecule has 0 unspecified atom stereocenters. The molecule has 0 aromatic carbocycles. The first kappa shape index (κ1) is 13.9. The number of nitrogens with one attached hydrogen (secondary N) is 1. The van der Waals surface area contributed by atoms with Gasteiger partial charge in [0.2, 0.25) is 0 Å². The fourth-order valence-electron chi connectivity index (χ4n) is 1.81. The van der Waals surface area contributed by atoms with Gasteiger partial charge in [0.1, 0.15) is 5.76 Å². The fourth-order valence-corrected chi connectivity index (χ4v) is 1.81. The molecule has 0 spiro atoms. The van der Waals surface area contributed by atoms with Crippen LogP contribution in [0.1, 0.15) is 38.8 Å². The van der Waals surface area contributed by atoms with Crippen LogP contribution in [0.3, 0.4) is 0 Å². The molecule has 0 radical (unpaired) electrons. The van der Waals surface area contributed by atoms with Crippen LogP contribution in [0.15, 0.2) is 27.2 Å². The molecule has 0 fully saturated rings. The number of nitrogens with zero attached hydrogens (tertiary/aromatic N) is 1. The van der Waals surface area contributed by atoms with Crippen molar-refractivity contribution in [2.24, 2.45) is 0 Å². The van der Waals surface area contributed by atoms with E-state index < -0.39 is 0 Å². The zero-order valence-electron chi connectivity index (χ0n) is 12.1. The van der Waals surface area contributed by atoms with Crippen LogP contribution < -0.4 is 5.32 Å². The number of rotatable bonds is 5. The van der Waals surface area contributed by atoms with E-state index in [4.69, 9.17) is 8.83 Å². The average Bonchev–Trinajstić information content (AvgIpc) is 2.92. The van der Waals surface area contributed by atoms with Gasteiger partial charge in [0.05, 0.1) is 6.20 Å². The van der Waals surface area contributed by atoms with Crippen LogP contribution in [-0.4, -0.2) is 17.1 Å². The monoisotopic (exact) mass is 262 g/mol. The van der Waals surface area contributed by atoms with Crippen molar-refractivity contribution in [1.82, 2.24) is 10.3 Å². The first-order chi connectivity index (χ1) is 8.94. The number of aryl methyl sites for hydroxylation is 2. The zero-order valence-corrected chi connectivity index (χ0v) is 12.1. The van der Waals surface area contributed by atoms with Crippen molar-refractivity contribution >= 4 is 0 Å². The van der Waals surface area contributed by atoms with Crippen LogP contribution >= 0.6 is 0 Å². The molecule has 19 heavy (non-hydrogen) atoms. The van der Waals surface area contributed by atoms with E-state index in [1.165, 1.54) is 0 Å². The van der Waals surface area contributed by atoms with Gasteiger partial charge >= 0.3 is 0 Å². The highest BCUT2D eigenvalue weighted by atomic mass is 16.4. The van der Waals surface area contributed by atoms with Gasteiger partial charge in [-0.3, -0.25) is 0 Å². The van der Waals surface area contributed by atoms with Gasteiger partial charge in [0.25, 0.3) is 0 Å². The van der Waals surface area contributed by atoms with Crippen molar-refractivity contribution in [2.45, 2.75) is 46.1 Å². The Balaban J connectivity index is 1.85. The van der Waals surface area contributed by atoms with E-state index in [-0.39, 0.29) is 5.54 Å². The van der Waals surface area contributed by atoms with Crippen molar-refractivity contribution in [3.8, 4) is 11.5 Å². The maximum atomic E-state index is 5.68. The van der Waals surface area contributed by atoms with Gasteiger partial charge in [0.15, 0.2) is 17.4 Å². The Hall–Kier alpha value is -1.55. The molecular formula is C15H22N2O2. The van der Waals surface area contributed by atoms with Crippen molar-refractivity contribution < 1.29 is 8.83 Å². The summed E-state index contributed by atoms with van der Waals surface area (Å²) in [6.45, 7) is 9.36. The third-order valence-electron chi connectivity index (χ3n) is 2.76.